The highest BCUT2D eigenvalue weighted by molar-refractivity contribution is 5.85. The molecule has 0 bridgehead atoms. The summed E-state index contributed by atoms with van der Waals surface area (Å²) in [6.07, 6.45) is 1.27. The molecule has 110 valence electrons. The predicted octanol–water partition coefficient (Wildman–Crippen LogP) is 1.38. The second-order valence-electron chi connectivity index (χ2n) is 4.58. The molecule has 1 aromatic carbocycles. The van der Waals surface area contributed by atoms with Crippen LogP contribution in [0.25, 0.3) is 0 Å². The van der Waals surface area contributed by atoms with Crippen LogP contribution < -0.4 is 5.32 Å². The van der Waals surface area contributed by atoms with Gasteiger partial charge in [0, 0.05) is 31.8 Å². The zero-order valence-corrected chi connectivity index (χ0v) is 11.9. The number of rotatable bonds is 3. The lowest BCUT2D eigenvalue weighted by Gasteiger charge is -2.19. The molecule has 0 radical (unpaired) electrons. The average molecular weight is 300 g/mol. The first-order valence-corrected chi connectivity index (χ1v) is 6.38. The van der Waals surface area contributed by atoms with Gasteiger partial charge < -0.3 is 10.2 Å². The number of non-ortho nitro benzene ring substituents is 1. The number of nitrogens with one attached hydrogen (secondary N) is 1. The van der Waals surface area contributed by atoms with Crippen LogP contribution in [0.15, 0.2) is 24.3 Å². The topological polar surface area (TPSA) is 75.5 Å². The molecule has 1 N–H and O–H groups in total. The molecule has 0 aromatic heterocycles. The van der Waals surface area contributed by atoms with Crippen molar-refractivity contribution in [1.82, 2.24) is 10.2 Å². The first-order chi connectivity index (χ1) is 9.16. The maximum absolute atomic E-state index is 12.1. The third-order valence-corrected chi connectivity index (χ3v) is 3.20. The van der Waals surface area contributed by atoms with E-state index in [9.17, 15) is 14.9 Å². The minimum atomic E-state index is -0.438. The van der Waals surface area contributed by atoms with Gasteiger partial charge in [0.1, 0.15) is 0 Å². The van der Waals surface area contributed by atoms with Crippen molar-refractivity contribution >= 4 is 24.0 Å². The molecule has 20 heavy (non-hydrogen) atoms. The van der Waals surface area contributed by atoms with Gasteiger partial charge in [0.15, 0.2) is 0 Å². The van der Waals surface area contributed by atoms with Crippen molar-refractivity contribution in [2.24, 2.45) is 0 Å². The van der Waals surface area contributed by atoms with Gasteiger partial charge in [0.05, 0.1) is 11.3 Å². The summed E-state index contributed by atoms with van der Waals surface area (Å²) in [5, 5.41) is 13.8. The van der Waals surface area contributed by atoms with Gasteiger partial charge in [0.25, 0.3) is 5.69 Å². The molecule has 1 aliphatic heterocycles. The Hall–Kier alpha value is -1.66. The Morgan fingerprint density at radius 2 is 1.95 bits per heavy atom. The largest absolute Gasteiger partial charge is 0.341 e. The summed E-state index contributed by atoms with van der Waals surface area (Å²) >= 11 is 0. The number of hydrogen-bond donors (Lipinski definition) is 1. The fourth-order valence-electron chi connectivity index (χ4n) is 2.12. The highest BCUT2D eigenvalue weighted by Gasteiger charge is 2.15. The lowest BCUT2D eigenvalue weighted by Crippen LogP contribution is -2.35. The quantitative estimate of drug-likeness (QED) is 0.676. The van der Waals surface area contributed by atoms with Crippen LogP contribution in [0.2, 0.25) is 0 Å². The van der Waals surface area contributed by atoms with Crippen molar-refractivity contribution < 1.29 is 9.72 Å². The number of carbonyl (C=O) groups is 1. The Balaban J connectivity index is 0.00000200. The van der Waals surface area contributed by atoms with Crippen LogP contribution in [0.1, 0.15) is 12.0 Å². The smallest absolute Gasteiger partial charge is 0.269 e. The Bertz CT molecular complexity index is 456. The van der Waals surface area contributed by atoms with Gasteiger partial charge in [-0.2, -0.15) is 0 Å². The predicted molar refractivity (Wildman–Crippen MR) is 78.1 cm³/mol. The van der Waals surface area contributed by atoms with Crippen molar-refractivity contribution in [3.63, 3.8) is 0 Å². The summed E-state index contributed by atoms with van der Waals surface area (Å²) in [6, 6.07) is 6.16. The SMILES string of the molecule is Cl.O=C(Cc1ccc([N+](=O)[O-])cc1)N1CCCNCC1. The van der Waals surface area contributed by atoms with Gasteiger partial charge in [0.2, 0.25) is 5.91 Å². The van der Waals surface area contributed by atoms with E-state index < -0.39 is 4.92 Å². The molecule has 0 aliphatic carbocycles. The number of hydrogen-bond acceptors (Lipinski definition) is 4. The Labute approximate surface area is 123 Å². The molecule has 1 heterocycles. The molecule has 1 aromatic rings. The molecular formula is C13H18ClN3O3. The lowest BCUT2D eigenvalue weighted by molar-refractivity contribution is -0.384. The maximum Gasteiger partial charge on any atom is 0.269 e. The maximum atomic E-state index is 12.1. The summed E-state index contributed by atoms with van der Waals surface area (Å²) in [6.45, 7) is 3.28. The van der Waals surface area contributed by atoms with E-state index in [0.29, 0.717) is 6.42 Å². The molecule has 1 saturated heterocycles. The number of benzene rings is 1. The van der Waals surface area contributed by atoms with E-state index >= 15 is 0 Å². The second-order valence-corrected chi connectivity index (χ2v) is 4.58. The highest BCUT2D eigenvalue weighted by atomic mass is 35.5. The Kier molecular flexibility index (Phi) is 6.41. The summed E-state index contributed by atoms with van der Waals surface area (Å²) in [4.78, 5) is 24.1. The Morgan fingerprint density at radius 1 is 1.25 bits per heavy atom. The van der Waals surface area contributed by atoms with E-state index in [0.717, 1.165) is 38.2 Å². The molecule has 1 fully saturated rings. The third-order valence-electron chi connectivity index (χ3n) is 3.20. The molecule has 0 unspecified atom stereocenters. The van der Waals surface area contributed by atoms with Crippen molar-refractivity contribution in [2.45, 2.75) is 12.8 Å². The number of halogens is 1. The molecule has 0 spiro atoms. The van der Waals surface area contributed by atoms with Crippen LogP contribution in [0.5, 0.6) is 0 Å². The fraction of sp³-hybridized carbons (Fsp3) is 0.462. The molecule has 0 saturated carbocycles. The molecule has 1 aliphatic rings. The van der Waals surface area contributed by atoms with Crippen molar-refractivity contribution in [2.75, 3.05) is 26.2 Å². The van der Waals surface area contributed by atoms with Crippen LogP contribution in [0.4, 0.5) is 5.69 Å². The highest BCUT2D eigenvalue weighted by Crippen LogP contribution is 2.13. The van der Waals surface area contributed by atoms with E-state index in [1.807, 2.05) is 4.90 Å². The molecule has 7 heteroatoms. The van der Waals surface area contributed by atoms with E-state index in [-0.39, 0.29) is 24.0 Å². The van der Waals surface area contributed by atoms with Crippen LogP contribution >= 0.6 is 12.4 Å². The zero-order chi connectivity index (χ0) is 13.7. The lowest BCUT2D eigenvalue weighted by atomic mass is 10.1. The van der Waals surface area contributed by atoms with Crippen molar-refractivity contribution in [1.29, 1.82) is 0 Å². The van der Waals surface area contributed by atoms with Crippen LogP contribution in [0.3, 0.4) is 0 Å². The van der Waals surface area contributed by atoms with Gasteiger partial charge in [-0.05, 0) is 18.5 Å². The van der Waals surface area contributed by atoms with Gasteiger partial charge in [-0.25, -0.2) is 0 Å². The average Bonchev–Trinajstić information content (AvgIpc) is 2.68. The van der Waals surface area contributed by atoms with Crippen molar-refractivity contribution in [3.8, 4) is 0 Å². The fourth-order valence-corrected chi connectivity index (χ4v) is 2.12. The standard InChI is InChI=1S/C13H17N3O3.ClH/c17-13(15-8-1-6-14-7-9-15)10-11-2-4-12(5-3-11)16(18)19;/h2-5,14H,1,6-10H2;1H. The van der Waals surface area contributed by atoms with Crippen LogP contribution in [0, 0.1) is 10.1 Å². The normalized spacial score (nSPS) is 15.1. The number of nitrogens with zero attached hydrogens (tertiary/aromatic N) is 2. The minimum absolute atomic E-state index is 0. The van der Waals surface area contributed by atoms with Crippen LogP contribution in [-0.2, 0) is 11.2 Å². The van der Waals surface area contributed by atoms with E-state index in [1.54, 1.807) is 12.1 Å². The molecule has 6 nitrogen and oxygen atoms in total. The van der Waals surface area contributed by atoms with E-state index in [2.05, 4.69) is 5.32 Å². The Morgan fingerprint density at radius 3 is 2.60 bits per heavy atom. The zero-order valence-electron chi connectivity index (χ0n) is 11.1. The summed E-state index contributed by atoms with van der Waals surface area (Å²) < 4.78 is 0. The third kappa shape index (κ3) is 4.47. The molecule has 1 amide bonds. The van der Waals surface area contributed by atoms with Crippen LogP contribution in [-0.4, -0.2) is 41.9 Å². The molecular weight excluding hydrogens is 282 g/mol. The number of carbonyl (C=O) groups excluding carboxylic acids is 1. The molecule has 0 atom stereocenters. The van der Waals surface area contributed by atoms with Crippen molar-refractivity contribution in [3.05, 3.63) is 39.9 Å². The van der Waals surface area contributed by atoms with Gasteiger partial charge in [-0.3, -0.25) is 14.9 Å². The van der Waals surface area contributed by atoms with Gasteiger partial charge >= 0.3 is 0 Å². The number of nitro groups is 1. The second kappa shape index (κ2) is 7.81. The van der Waals surface area contributed by atoms with E-state index in [1.165, 1.54) is 12.1 Å². The van der Waals surface area contributed by atoms with Gasteiger partial charge in [-0.15, -0.1) is 12.4 Å². The number of nitro benzene ring substituents is 1. The number of amides is 1. The first-order valence-electron chi connectivity index (χ1n) is 6.38. The minimum Gasteiger partial charge on any atom is -0.341 e. The molecule has 2 rings (SSSR count). The van der Waals surface area contributed by atoms with E-state index in [4.69, 9.17) is 0 Å². The van der Waals surface area contributed by atoms with Gasteiger partial charge in [-0.1, -0.05) is 12.1 Å². The summed E-state index contributed by atoms with van der Waals surface area (Å²) in [5.74, 6) is 0.0811. The summed E-state index contributed by atoms with van der Waals surface area (Å²) in [5.41, 5.74) is 0.864. The summed E-state index contributed by atoms with van der Waals surface area (Å²) in [7, 11) is 0. The first kappa shape index (κ1) is 16.4. The monoisotopic (exact) mass is 299 g/mol.